The first-order valence-corrected chi connectivity index (χ1v) is 6.42. The molecule has 0 aliphatic rings. The van der Waals surface area contributed by atoms with Gasteiger partial charge in [0.05, 0.1) is 7.11 Å². The normalized spacial score (nSPS) is 11.9. The summed E-state index contributed by atoms with van der Waals surface area (Å²) in [6.07, 6.45) is 2.02. The molecule has 0 heterocycles. The molecule has 0 saturated heterocycles. The minimum absolute atomic E-state index is 0.257. The molecule has 0 amide bonds. The van der Waals surface area contributed by atoms with E-state index in [0.29, 0.717) is 5.57 Å². The number of methoxy groups -OCH3 is 1. The lowest BCUT2D eigenvalue weighted by atomic mass is 10.0. The maximum Gasteiger partial charge on any atom is 0.333 e. The standard InChI is InChI=1S/C13H16O2S/c1-10(13(14)15-2)12(9-16-3)11-7-5-4-6-8-11/h4-8H,9H2,1-3H3/b12-10+. The van der Waals surface area contributed by atoms with Crippen LogP contribution < -0.4 is 0 Å². The van der Waals surface area contributed by atoms with Gasteiger partial charge in [-0.25, -0.2) is 4.79 Å². The Morgan fingerprint density at radius 2 is 1.94 bits per heavy atom. The first-order valence-electron chi connectivity index (χ1n) is 5.03. The van der Waals surface area contributed by atoms with Crippen molar-refractivity contribution in [1.82, 2.24) is 0 Å². The maximum absolute atomic E-state index is 11.5. The van der Waals surface area contributed by atoms with E-state index in [1.54, 1.807) is 11.8 Å². The summed E-state index contributed by atoms with van der Waals surface area (Å²) < 4.78 is 4.75. The van der Waals surface area contributed by atoms with Crippen LogP contribution in [0.25, 0.3) is 5.57 Å². The molecule has 86 valence electrons. The molecule has 0 spiro atoms. The number of thioether (sulfide) groups is 1. The molecule has 0 unspecified atom stereocenters. The number of benzene rings is 1. The Balaban J connectivity index is 3.13. The third-order valence-corrected chi connectivity index (χ3v) is 2.93. The molecule has 0 aliphatic heterocycles. The van der Waals surface area contributed by atoms with Crippen LogP contribution >= 0.6 is 11.8 Å². The van der Waals surface area contributed by atoms with E-state index in [1.165, 1.54) is 7.11 Å². The molecule has 2 nitrogen and oxygen atoms in total. The molecule has 0 atom stereocenters. The van der Waals surface area contributed by atoms with Crippen LogP contribution in [0.4, 0.5) is 0 Å². The van der Waals surface area contributed by atoms with E-state index in [-0.39, 0.29) is 5.97 Å². The Kier molecular flexibility index (Phi) is 5.12. The largest absolute Gasteiger partial charge is 0.466 e. The van der Waals surface area contributed by atoms with Crippen LogP contribution in [-0.4, -0.2) is 25.1 Å². The van der Waals surface area contributed by atoms with Crippen molar-refractivity contribution >= 4 is 23.3 Å². The average Bonchev–Trinajstić information content (AvgIpc) is 2.35. The average molecular weight is 236 g/mol. The lowest BCUT2D eigenvalue weighted by Crippen LogP contribution is -2.06. The molecule has 1 aromatic carbocycles. The Bertz CT molecular complexity index is 382. The predicted molar refractivity (Wildman–Crippen MR) is 69.4 cm³/mol. The molecule has 0 bridgehead atoms. The van der Waals surface area contributed by atoms with E-state index in [0.717, 1.165) is 16.9 Å². The van der Waals surface area contributed by atoms with E-state index in [9.17, 15) is 4.79 Å². The molecule has 0 saturated carbocycles. The second kappa shape index (κ2) is 6.38. The van der Waals surface area contributed by atoms with Crippen molar-refractivity contribution in [2.24, 2.45) is 0 Å². The van der Waals surface area contributed by atoms with Crippen molar-refractivity contribution in [3.63, 3.8) is 0 Å². The van der Waals surface area contributed by atoms with Crippen molar-refractivity contribution in [3.8, 4) is 0 Å². The third kappa shape index (κ3) is 3.14. The summed E-state index contributed by atoms with van der Waals surface area (Å²) in [6.45, 7) is 1.81. The fourth-order valence-corrected chi connectivity index (χ4v) is 2.14. The van der Waals surface area contributed by atoms with Crippen molar-refractivity contribution in [1.29, 1.82) is 0 Å². The SMILES string of the molecule is COC(=O)/C(C)=C(\CSC)c1ccccc1. The van der Waals surface area contributed by atoms with Gasteiger partial charge in [0.1, 0.15) is 0 Å². The second-order valence-corrected chi connectivity index (χ2v) is 4.26. The summed E-state index contributed by atoms with van der Waals surface area (Å²) >= 11 is 1.70. The highest BCUT2D eigenvalue weighted by molar-refractivity contribution is 7.99. The molecule has 1 rings (SSSR count). The van der Waals surface area contributed by atoms with Crippen LogP contribution in [0.15, 0.2) is 35.9 Å². The predicted octanol–water partition coefficient (Wildman–Crippen LogP) is 3.00. The molecule has 0 N–H and O–H groups in total. The van der Waals surface area contributed by atoms with Crippen LogP contribution in [0, 0.1) is 0 Å². The number of hydrogen-bond donors (Lipinski definition) is 0. The lowest BCUT2D eigenvalue weighted by molar-refractivity contribution is -0.135. The molecule has 3 heteroatoms. The van der Waals surface area contributed by atoms with E-state index in [1.807, 2.05) is 43.5 Å². The Morgan fingerprint density at radius 3 is 2.44 bits per heavy atom. The number of hydrogen-bond acceptors (Lipinski definition) is 3. The van der Waals surface area contributed by atoms with Gasteiger partial charge >= 0.3 is 5.97 Å². The highest BCUT2D eigenvalue weighted by Crippen LogP contribution is 2.22. The van der Waals surface area contributed by atoms with Crippen molar-refractivity contribution in [2.45, 2.75) is 6.92 Å². The molecule has 1 aromatic rings. The molecule has 0 fully saturated rings. The van der Waals surface area contributed by atoms with Gasteiger partial charge in [-0.3, -0.25) is 0 Å². The number of carbonyl (C=O) groups is 1. The number of esters is 1. The van der Waals surface area contributed by atoms with Gasteiger partial charge in [-0.2, -0.15) is 11.8 Å². The minimum atomic E-state index is -0.257. The van der Waals surface area contributed by atoms with Crippen LogP contribution in [0.1, 0.15) is 12.5 Å². The summed E-state index contributed by atoms with van der Waals surface area (Å²) in [5, 5.41) is 0. The topological polar surface area (TPSA) is 26.3 Å². The monoisotopic (exact) mass is 236 g/mol. The summed E-state index contributed by atoms with van der Waals surface area (Å²) in [5.74, 6) is 0.554. The first-order chi connectivity index (χ1) is 7.70. The van der Waals surface area contributed by atoms with Crippen LogP contribution in [0.2, 0.25) is 0 Å². The molecule has 0 radical (unpaired) electrons. The zero-order valence-electron chi connectivity index (χ0n) is 9.82. The van der Waals surface area contributed by atoms with Gasteiger partial charge in [0.25, 0.3) is 0 Å². The van der Waals surface area contributed by atoms with E-state index in [4.69, 9.17) is 4.74 Å². The van der Waals surface area contributed by atoms with Crippen molar-refractivity contribution < 1.29 is 9.53 Å². The van der Waals surface area contributed by atoms with Crippen LogP contribution in [0.3, 0.4) is 0 Å². The van der Waals surface area contributed by atoms with Crippen molar-refractivity contribution in [2.75, 3.05) is 19.1 Å². The Morgan fingerprint density at radius 1 is 1.31 bits per heavy atom. The number of rotatable bonds is 4. The van der Waals surface area contributed by atoms with Gasteiger partial charge in [0.15, 0.2) is 0 Å². The highest BCUT2D eigenvalue weighted by Gasteiger charge is 2.12. The molecular formula is C13H16O2S. The van der Waals surface area contributed by atoms with E-state index >= 15 is 0 Å². The van der Waals surface area contributed by atoms with Gasteiger partial charge < -0.3 is 4.74 Å². The summed E-state index contributed by atoms with van der Waals surface area (Å²) in [5.41, 5.74) is 2.81. The van der Waals surface area contributed by atoms with Crippen molar-refractivity contribution in [3.05, 3.63) is 41.5 Å². The molecule has 0 aliphatic carbocycles. The van der Waals surface area contributed by atoms with E-state index < -0.39 is 0 Å². The fourth-order valence-electron chi connectivity index (χ4n) is 1.47. The number of ether oxygens (including phenoxy) is 1. The Labute approximate surface area is 101 Å². The third-order valence-electron chi connectivity index (χ3n) is 2.36. The zero-order chi connectivity index (χ0) is 12.0. The highest BCUT2D eigenvalue weighted by atomic mass is 32.2. The minimum Gasteiger partial charge on any atom is -0.466 e. The number of carbonyl (C=O) groups excluding carboxylic acids is 1. The van der Waals surface area contributed by atoms with Crippen LogP contribution in [0.5, 0.6) is 0 Å². The molecule has 16 heavy (non-hydrogen) atoms. The first kappa shape index (κ1) is 12.8. The molecule has 0 aromatic heterocycles. The van der Waals surface area contributed by atoms with Gasteiger partial charge in [-0.15, -0.1) is 0 Å². The summed E-state index contributed by atoms with van der Waals surface area (Å²) in [6, 6.07) is 9.93. The smallest absolute Gasteiger partial charge is 0.333 e. The maximum atomic E-state index is 11.5. The van der Waals surface area contributed by atoms with Gasteiger partial charge in [-0.1, -0.05) is 30.3 Å². The van der Waals surface area contributed by atoms with E-state index in [2.05, 4.69) is 0 Å². The fraction of sp³-hybridized carbons (Fsp3) is 0.308. The Hall–Kier alpha value is -1.22. The second-order valence-electron chi connectivity index (χ2n) is 3.39. The lowest BCUT2D eigenvalue weighted by Gasteiger charge is -2.10. The summed E-state index contributed by atoms with van der Waals surface area (Å²) in [7, 11) is 1.41. The molecular weight excluding hydrogens is 220 g/mol. The summed E-state index contributed by atoms with van der Waals surface area (Å²) in [4.78, 5) is 11.5. The quantitative estimate of drug-likeness (QED) is 0.594. The van der Waals surface area contributed by atoms with Crippen LogP contribution in [-0.2, 0) is 9.53 Å². The zero-order valence-corrected chi connectivity index (χ0v) is 10.6. The van der Waals surface area contributed by atoms with Gasteiger partial charge in [-0.05, 0) is 24.3 Å². The van der Waals surface area contributed by atoms with Gasteiger partial charge in [0, 0.05) is 11.3 Å². The van der Waals surface area contributed by atoms with Gasteiger partial charge in [0.2, 0.25) is 0 Å².